The molecule has 1 aromatic carbocycles. The summed E-state index contributed by atoms with van der Waals surface area (Å²) in [7, 11) is -3.21. The van der Waals surface area contributed by atoms with E-state index in [4.69, 9.17) is 0 Å². The summed E-state index contributed by atoms with van der Waals surface area (Å²) in [6, 6.07) is 5.44. The molecule has 0 N–H and O–H groups in total. The average molecular weight is 393 g/mol. The fourth-order valence-corrected chi connectivity index (χ4v) is 5.03. The van der Waals surface area contributed by atoms with Crippen LogP contribution in [0.15, 0.2) is 18.2 Å². The van der Waals surface area contributed by atoms with Crippen LogP contribution in [0.3, 0.4) is 0 Å². The minimum absolute atomic E-state index is 0.00399. The van der Waals surface area contributed by atoms with E-state index < -0.39 is 16.1 Å². The molecular weight excluding hydrogens is 364 g/mol. The number of rotatable bonds is 4. The van der Waals surface area contributed by atoms with Crippen LogP contribution in [0.5, 0.6) is 0 Å². The lowest BCUT2D eigenvalue weighted by molar-refractivity contribution is -0.136. The molecule has 0 aliphatic carbocycles. The second-order valence-electron chi connectivity index (χ2n) is 7.81. The largest absolute Gasteiger partial charge is 0.332 e. The lowest BCUT2D eigenvalue weighted by atomic mass is 9.93. The summed E-state index contributed by atoms with van der Waals surface area (Å²) >= 11 is 0. The summed E-state index contributed by atoms with van der Waals surface area (Å²) in [5, 5.41) is 0. The van der Waals surface area contributed by atoms with E-state index in [0.717, 1.165) is 17.5 Å². The van der Waals surface area contributed by atoms with E-state index in [1.165, 1.54) is 10.6 Å². The number of carbonyl (C=O) groups excluding carboxylic acids is 2. The minimum atomic E-state index is -3.21. The maximum Gasteiger partial charge on any atom is 0.226 e. The molecule has 2 heterocycles. The summed E-state index contributed by atoms with van der Waals surface area (Å²) in [5.41, 5.74) is 2.67. The first kappa shape index (κ1) is 20.0. The molecule has 0 spiro atoms. The first-order chi connectivity index (χ1) is 12.7. The van der Waals surface area contributed by atoms with Gasteiger partial charge in [-0.1, -0.05) is 17.7 Å². The van der Waals surface area contributed by atoms with Gasteiger partial charge in [0.1, 0.15) is 0 Å². The van der Waals surface area contributed by atoms with Crippen molar-refractivity contribution in [3.8, 4) is 0 Å². The molecular formula is C20H28N2O4S. The zero-order chi connectivity index (χ0) is 19.8. The Hall–Kier alpha value is -1.73. The molecule has 1 unspecified atom stereocenters. The number of piperidine rings is 1. The zero-order valence-corrected chi connectivity index (χ0v) is 17.1. The van der Waals surface area contributed by atoms with Gasteiger partial charge in [0.15, 0.2) is 5.78 Å². The van der Waals surface area contributed by atoms with Crippen LogP contribution in [0, 0.1) is 19.8 Å². The fraction of sp³-hybridized carbons (Fsp3) is 0.600. The van der Waals surface area contributed by atoms with E-state index in [9.17, 15) is 18.0 Å². The summed E-state index contributed by atoms with van der Waals surface area (Å²) in [6.45, 7) is 5.24. The third kappa shape index (κ3) is 4.24. The second-order valence-corrected chi connectivity index (χ2v) is 9.79. The van der Waals surface area contributed by atoms with Gasteiger partial charge in [-0.3, -0.25) is 9.59 Å². The SMILES string of the molecule is Cc1ccc(C)c(C(=O)C2CCCN2C(=O)C2CCN(S(C)(=O)=O)CC2)c1. The van der Waals surface area contributed by atoms with Gasteiger partial charge in [0.2, 0.25) is 15.9 Å². The lowest BCUT2D eigenvalue weighted by Gasteiger charge is -2.33. The molecule has 0 radical (unpaired) electrons. The third-order valence-electron chi connectivity index (χ3n) is 5.77. The van der Waals surface area contributed by atoms with E-state index in [2.05, 4.69) is 0 Å². The van der Waals surface area contributed by atoms with Crippen molar-refractivity contribution in [2.24, 2.45) is 5.92 Å². The van der Waals surface area contributed by atoms with Crippen molar-refractivity contribution in [2.45, 2.75) is 45.6 Å². The minimum Gasteiger partial charge on any atom is -0.332 e. The van der Waals surface area contributed by atoms with Crippen molar-refractivity contribution in [3.05, 3.63) is 34.9 Å². The monoisotopic (exact) mass is 392 g/mol. The first-order valence-electron chi connectivity index (χ1n) is 9.55. The number of benzene rings is 1. The van der Waals surface area contributed by atoms with Crippen molar-refractivity contribution in [1.82, 2.24) is 9.21 Å². The van der Waals surface area contributed by atoms with Crippen molar-refractivity contribution < 1.29 is 18.0 Å². The van der Waals surface area contributed by atoms with Gasteiger partial charge in [-0.2, -0.15) is 0 Å². The lowest BCUT2D eigenvalue weighted by Crippen LogP contribution is -2.47. The Morgan fingerprint density at radius 3 is 2.33 bits per heavy atom. The Kier molecular flexibility index (Phi) is 5.72. The van der Waals surface area contributed by atoms with E-state index in [-0.39, 0.29) is 17.6 Å². The molecule has 1 amide bonds. The van der Waals surface area contributed by atoms with Crippen LogP contribution in [0.25, 0.3) is 0 Å². The molecule has 1 aromatic rings. The van der Waals surface area contributed by atoms with Gasteiger partial charge < -0.3 is 4.90 Å². The summed E-state index contributed by atoms with van der Waals surface area (Å²) in [6.07, 6.45) is 3.77. The molecule has 148 valence electrons. The predicted molar refractivity (Wildman–Crippen MR) is 104 cm³/mol. The Bertz CT molecular complexity index is 842. The van der Waals surface area contributed by atoms with E-state index in [1.807, 2.05) is 32.0 Å². The molecule has 1 atom stereocenters. The molecule has 2 fully saturated rings. The number of nitrogens with zero attached hydrogens (tertiary/aromatic N) is 2. The van der Waals surface area contributed by atoms with Crippen molar-refractivity contribution >= 4 is 21.7 Å². The van der Waals surface area contributed by atoms with Crippen LogP contribution in [-0.2, 0) is 14.8 Å². The molecule has 3 rings (SSSR count). The van der Waals surface area contributed by atoms with Crippen molar-refractivity contribution in [1.29, 1.82) is 0 Å². The van der Waals surface area contributed by atoms with E-state index in [1.54, 1.807) is 4.90 Å². The molecule has 2 aliphatic rings. The van der Waals surface area contributed by atoms with E-state index >= 15 is 0 Å². The zero-order valence-electron chi connectivity index (χ0n) is 16.3. The van der Waals surface area contributed by atoms with Crippen LogP contribution in [0.2, 0.25) is 0 Å². The Labute approximate surface area is 161 Å². The summed E-state index contributed by atoms with van der Waals surface area (Å²) in [4.78, 5) is 27.9. The van der Waals surface area contributed by atoms with Gasteiger partial charge in [0, 0.05) is 31.1 Å². The highest BCUT2D eigenvalue weighted by atomic mass is 32.2. The molecule has 2 aliphatic heterocycles. The maximum atomic E-state index is 13.1. The van der Waals surface area contributed by atoms with Crippen LogP contribution >= 0.6 is 0 Å². The Morgan fingerprint density at radius 2 is 1.70 bits per heavy atom. The van der Waals surface area contributed by atoms with Gasteiger partial charge in [-0.25, -0.2) is 12.7 Å². The highest BCUT2D eigenvalue weighted by molar-refractivity contribution is 7.88. The quantitative estimate of drug-likeness (QED) is 0.736. The molecule has 6 nitrogen and oxygen atoms in total. The number of likely N-dealkylation sites (tertiary alicyclic amines) is 1. The predicted octanol–water partition coefficient (Wildman–Crippen LogP) is 2.15. The van der Waals surface area contributed by atoms with Gasteiger partial charge in [0.05, 0.1) is 12.3 Å². The van der Waals surface area contributed by atoms with Gasteiger partial charge in [0.25, 0.3) is 0 Å². The molecule has 7 heteroatoms. The number of hydrogen-bond acceptors (Lipinski definition) is 4. The van der Waals surface area contributed by atoms with Crippen LogP contribution in [0.1, 0.15) is 47.2 Å². The number of aryl methyl sites for hydroxylation is 2. The first-order valence-corrected chi connectivity index (χ1v) is 11.4. The topological polar surface area (TPSA) is 74.8 Å². The molecule has 0 aromatic heterocycles. The van der Waals surface area contributed by atoms with Crippen LogP contribution in [0.4, 0.5) is 0 Å². The van der Waals surface area contributed by atoms with Gasteiger partial charge in [-0.05, 0) is 51.2 Å². The normalized spacial score (nSPS) is 22.2. The molecule has 27 heavy (non-hydrogen) atoms. The van der Waals surface area contributed by atoms with E-state index in [0.29, 0.717) is 44.5 Å². The number of ketones is 1. The number of sulfonamides is 1. The van der Waals surface area contributed by atoms with Gasteiger partial charge in [-0.15, -0.1) is 0 Å². The number of amides is 1. The number of carbonyl (C=O) groups is 2. The third-order valence-corrected chi connectivity index (χ3v) is 7.07. The Morgan fingerprint density at radius 1 is 1.04 bits per heavy atom. The average Bonchev–Trinajstić information content (AvgIpc) is 3.11. The molecule has 2 saturated heterocycles. The molecule has 0 saturated carbocycles. The second kappa shape index (κ2) is 7.72. The highest BCUT2D eigenvalue weighted by Gasteiger charge is 2.39. The maximum absolute atomic E-state index is 13.1. The van der Waals surface area contributed by atoms with Crippen LogP contribution < -0.4 is 0 Å². The highest BCUT2D eigenvalue weighted by Crippen LogP contribution is 2.28. The van der Waals surface area contributed by atoms with Crippen LogP contribution in [-0.4, -0.2) is 61.2 Å². The Balaban J connectivity index is 1.72. The fourth-order valence-electron chi connectivity index (χ4n) is 4.15. The number of Topliss-reactive ketones (excluding diaryl/α,β-unsaturated/α-hetero) is 1. The summed E-state index contributed by atoms with van der Waals surface area (Å²) in [5.74, 6) is -0.171. The standard InChI is InChI=1S/C20H28N2O4S/c1-14-6-7-15(2)17(13-14)19(23)18-5-4-10-22(18)20(24)16-8-11-21(12-9-16)27(3,25)26/h6-7,13,16,18H,4-5,8-12H2,1-3H3. The smallest absolute Gasteiger partial charge is 0.226 e. The van der Waals surface area contributed by atoms with Crippen molar-refractivity contribution in [3.63, 3.8) is 0 Å². The van der Waals surface area contributed by atoms with Gasteiger partial charge >= 0.3 is 0 Å². The summed E-state index contributed by atoms with van der Waals surface area (Å²) < 4.78 is 24.8. The van der Waals surface area contributed by atoms with Crippen molar-refractivity contribution in [2.75, 3.05) is 25.9 Å². The molecule has 0 bridgehead atoms. The number of hydrogen-bond donors (Lipinski definition) is 0.